The molecule has 1 amide bonds. The highest BCUT2D eigenvalue weighted by Gasteiger charge is 2.41. The zero-order valence-electron chi connectivity index (χ0n) is 15.4. The number of hydrogen-bond acceptors (Lipinski definition) is 4. The van der Waals surface area contributed by atoms with E-state index in [9.17, 15) is 4.79 Å². The third kappa shape index (κ3) is 3.59. The molecule has 4 heterocycles. The van der Waals surface area contributed by atoms with Gasteiger partial charge in [-0.15, -0.1) is 0 Å². The fourth-order valence-electron chi connectivity index (χ4n) is 4.41. The molecule has 1 N–H and O–H groups in total. The summed E-state index contributed by atoms with van der Waals surface area (Å²) < 4.78 is 0. The van der Waals surface area contributed by atoms with Crippen LogP contribution in [0.2, 0.25) is 0 Å². The van der Waals surface area contributed by atoms with Crippen molar-refractivity contribution in [3.05, 3.63) is 42.1 Å². The summed E-state index contributed by atoms with van der Waals surface area (Å²) in [5.41, 5.74) is 2.53. The average Bonchev–Trinajstić information content (AvgIpc) is 3.17. The molecule has 0 bridgehead atoms. The van der Waals surface area contributed by atoms with Gasteiger partial charge in [-0.05, 0) is 43.9 Å². The van der Waals surface area contributed by atoms with Crippen LogP contribution in [0.5, 0.6) is 0 Å². The fraction of sp³-hybridized carbons (Fsp3) is 0.550. The number of carbonyl (C=O) groups is 1. The van der Waals surface area contributed by atoms with Crippen LogP contribution in [0.1, 0.15) is 36.9 Å². The highest BCUT2D eigenvalue weighted by molar-refractivity contribution is 5.77. The first-order chi connectivity index (χ1) is 12.6. The van der Waals surface area contributed by atoms with Gasteiger partial charge in [0.25, 0.3) is 0 Å². The first-order valence-electron chi connectivity index (χ1n) is 9.56. The molecule has 0 aliphatic carbocycles. The number of piperidine rings is 2. The number of H-pyrrole nitrogens is 1. The van der Waals surface area contributed by atoms with Gasteiger partial charge < -0.3 is 14.8 Å². The molecular weight excluding hydrogens is 326 g/mol. The van der Waals surface area contributed by atoms with Crippen molar-refractivity contribution < 1.29 is 4.79 Å². The van der Waals surface area contributed by atoms with Gasteiger partial charge in [0.05, 0.1) is 6.33 Å². The molecule has 26 heavy (non-hydrogen) atoms. The lowest BCUT2D eigenvalue weighted by molar-refractivity contribution is -0.137. The van der Waals surface area contributed by atoms with Crippen LogP contribution in [0.25, 0.3) is 0 Å². The number of nitrogens with one attached hydrogen (secondary N) is 1. The number of carbonyl (C=O) groups excluding carboxylic acids is 1. The SMILES string of the molecule is Cc1ccnc(N2CCCC3(CCC(=O)N(CCc4cnc[nH]4)C3)C2)c1. The molecule has 6 nitrogen and oxygen atoms in total. The Kier molecular flexibility index (Phi) is 4.66. The van der Waals surface area contributed by atoms with Crippen LogP contribution in [0.15, 0.2) is 30.9 Å². The number of nitrogens with zero attached hydrogens (tertiary/aromatic N) is 4. The van der Waals surface area contributed by atoms with Crippen LogP contribution in [-0.4, -0.2) is 51.9 Å². The van der Waals surface area contributed by atoms with E-state index in [1.165, 1.54) is 12.0 Å². The van der Waals surface area contributed by atoms with Crippen LogP contribution in [-0.2, 0) is 11.2 Å². The topological polar surface area (TPSA) is 65.1 Å². The Bertz CT molecular complexity index is 759. The van der Waals surface area contributed by atoms with Gasteiger partial charge in [0.2, 0.25) is 5.91 Å². The van der Waals surface area contributed by atoms with Gasteiger partial charge in [0.1, 0.15) is 5.82 Å². The van der Waals surface area contributed by atoms with Crippen molar-refractivity contribution in [3.8, 4) is 0 Å². The quantitative estimate of drug-likeness (QED) is 0.917. The lowest BCUT2D eigenvalue weighted by atomic mass is 9.73. The van der Waals surface area contributed by atoms with E-state index < -0.39 is 0 Å². The predicted molar refractivity (Wildman–Crippen MR) is 101 cm³/mol. The lowest BCUT2D eigenvalue weighted by Gasteiger charge is -2.48. The molecule has 0 saturated carbocycles. The molecule has 2 aromatic heterocycles. The van der Waals surface area contributed by atoms with Crippen LogP contribution in [0.3, 0.4) is 0 Å². The van der Waals surface area contributed by atoms with Crippen LogP contribution in [0, 0.1) is 12.3 Å². The van der Waals surface area contributed by atoms with Crippen molar-refractivity contribution in [3.63, 3.8) is 0 Å². The van der Waals surface area contributed by atoms with Gasteiger partial charge in [-0.3, -0.25) is 4.79 Å². The summed E-state index contributed by atoms with van der Waals surface area (Å²) in [5, 5.41) is 0. The Morgan fingerprint density at radius 2 is 2.23 bits per heavy atom. The number of aryl methyl sites for hydroxylation is 1. The van der Waals surface area contributed by atoms with E-state index >= 15 is 0 Å². The molecular formula is C20H27N5O. The van der Waals surface area contributed by atoms with Crippen molar-refractivity contribution >= 4 is 11.7 Å². The monoisotopic (exact) mass is 353 g/mol. The highest BCUT2D eigenvalue weighted by atomic mass is 16.2. The first kappa shape index (κ1) is 17.1. The van der Waals surface area contributed by atoms with Gasteiger partial charge >= 0.3 is 0 Å². The van der Waals surface area contributed by atoms with Crippen LogP contribution >= 0.6 is 0 Å². The second-order valence-electron chi connectivity index (χ2n) is 7.86. The lowest BCUT2D eigenvalue weighted by Crippen LogP contribution is -2.54. The number of rotatable bonds is 4. The fourth-order valence-corrected chi connectivity index (χ4v) is 4.41. The maximum Gasteiger partial charge on any atom is 0.222 e. The second kappa shape index (κ2) is 7.09. The third-order valence-electron chi connectivity index (χ3n) is 5.84. The van der Waals surface area contributed by atoms with Crippen LogP contribution < -0.4 is 4.90 Å². The molecule has 2 fully saturated rings. The minimum Gasteiger partial charge on any atom is -0.356 e. The summed E-state index contributed by atoms with van der Waals surface area (Å²) >= 11 is 0. The average molecular weight is 353 g/mol. The van der Waals surface area contributed by atoms with E-state index in [0.29, 0.717) is 12.3 Å². The molecule has 1 unspecified atom stereocenters. The predicted octanol–water partition coefficient (Wildman–Crippen LogP) is 2.56. The minimum atomic E-state index is 0.200. The number of aromatic nitrogens is 3. The van der Waals surface area contributed by atoms with E-state index in [1.807, 2.05) is 18.5 Å². The maximum absolute atomic E-state index is 12.5. The van der Waals surface area contributed by atoms with Gasteiger partial charge in [-0.1, -0.05) is 0 Å². The molecule has 1 atom stereocenters. The Morgan fingerprint density at radius 1 is 1.31 bits per heavy atom. The molecule has 1 spiro atoms. The Hall–Kier alpha value is -2.37. The molecule has 2 aliphatic heterocycles. The number of imidazole rings is 1. The highest BCUT2D eigenvalue weighted by Crippen LogP contribution is 2.40. The summed E-state index contributed by atoms with van der Waals surface area (Å²) in [6, 6.07) is 4.21. The van der Waals surface area contributed by atoms with Crippen molar-refractivity contribution in [1.29, 1.82) is 0 Å². The molecule has 0 radical (unpaired) electrons. The van der Waals surface area contributed by atoms with Gasteiger partial charge in [-0.25, -0.2) is 9.97 Å². The first-order valence-corrected chi connectivity index (χ1v) is 9.56. The van der Waals surface area contributed by atoms with E-state index in [2.05, 4.69) is 37.7 Å². The number of pyridine rings is 1. The maximum atomic E-state index is 12.5. The van der Waals surface area contributed by atoms with Crippen molar-refractivity contribution in [1.82, 2.24) is 19.9 Å². The van der Waals surface area contributed by atoms with E-state index in [1.54, 1.807) is 6.33 Å². The Morgan fingerprint density at radius 3 is 3.04 bits per heavy atom. The number of likely N-dealkylation sites (tertiary alicyclic amines) is 1. The van der Waals surface area contributed by atoms with E-state index in [4.69, 9.17) is 0 Å². The summed E-state index contributed by atoms with van der Waals surface area (Å²) in [4.78, 5) is 28.7. The molecule has 2 aliphatic rings. The number of hydrogen-bond donors (Lipinski definition) is 1. The molecule has 2 aromatic rings. The van der Waals surface area contributed by atoms with Gasteiger partial charge in [0, 0.05) is 62.5 Å². The van der Waals surface area contributed by atoms with E-state index in [-0.39, 0.29) is 5.41 Å². The molecule has 6 heteroatoms. The zero-order valence-corrected chi connectivity index (χ0v) is 15.4. The van der Waals surface area contributed by atoms with Gasteiger partial charge in [0.15, 0.2) is 0 Å². The Balaban J connectivity index is 1.45. The summed E-state index contributed by atoms with van der Waals surface area (Å²) in [7, 11) is 0. The van der Waals surface area contributed by atoms with Crippen molar-refractivity contribution in [2.45, 2.75) is 39.0 Å². The molecule has 4 rings (SSSR count). The molecule has 2 saturated heterocycles. The smallest absolute Gasteiger partial charge is 0.222 e. The van der Waals surface area contributed by atoms with Gasteiger partial charge in [-0.2, -0.15) is 0 Å². The largest absolute Gasteiger partial charge is 0.356 e. The van der Waals surface area contributed by atoms with E-state index in [0.717, 1.165) is 57.0 Å². The minimum absolute atomic E-state index is 0.200. The standard InChI is InChI=1S/C20H27N5O/c1-16-4-8-22-18(11-16)24-9-2-6-20(13-24)7-3-19(26)25(14-20)10-5-17-12-21-15-23-17/h4,8,11-12,15H,2-3,5-7,9-10,13-14H2,1H3,(H,21,23). The van der Waals surface area contributed by atoms with Crippen LogP contribution in [0.4, 0.5) is 5.82 Å². The molecule has 0 aromatic carbocycles. The van der Waals surface area contributed by atoms with Crippen molar-refractivity contribution in [2.75, 3.05) is 31.1 Å². The summed E-state index contributed by atoms with van der Waals surface area (Å²) in [6.45, 7) is 5.80. The number of aromatic amines is 1. The third-order valence-corrected chi connectivity index (χ3v) is 5.84. The molecule has 138 valence electrons. The summed E-state index contributed by atoms with van der Waals surface area (Å²) in [6.07, 6.45) is 10.3. The Labute approximate surface area is 154 Å². The second-order valence-corrected chi connectivity index (χ2v) is 7.86. The normalized spacial score (nSPS) is 23.7. The summed E-state index contributed by atoms with van der Waals surface area (Å²) in [5.74, 6) is 1.37. The zero-order chi connectivity index (χ0) is 18.0. The number of anilines is 1. The van der Waals surface area contributed by atoms with Crippen molar-refractivity contribution in [2.24, 2.45) is 5.41 Å². The number of amides is 1.